The van der Waals surface area contributed by atoms with Crippen LogP contribution in [0.3, 0.4) is 0 Å². The van der Waals surface area contributed by atoms with Gasteiger partial charge in [-0.15, -0.1) is 0 Å². The Balaban J connectivity index is 2.45. The molecule has 0 saturated heterocycles. The van der Waals surface area contributed by atoms with E-state index in [4.69, 9.17) is 5.11 Å². The fourth-order valence-corrected chi connectivity index (χ4v) is 2.05. The molecular weight excluding hydrogens is 260 g/mol. The molecule has 0 aliphatic heterocycles. The third kappa shape index (κ3) is 2.51. The molecule has 0 amide bonds. The van der Waals surface area contributed by atoms with Gasteiger partial charge in [0.2, 0.25) is 0 Å². The lowest BCUT2D eigenvalue weighted by Crippen LogP contribution is -2.01. The molecule has 0 fully saturated rings. The topological polar surface area (TPSA) is 98.0 Å². The van der Waals surface area contributed by atoms with Crippen LogP contribution >= 0.6 is 0 Å². The second-order valence-corrected chi connectivity index (χ2v) is 4.55. The van der Waals surface area contributed by atoms with E-state index in [2.05, 4.69) is 0 Å². The van der Waals surface area contributed by atoms with E-state index in [9.17, 15) is 20.1 Å². The molecule has 5 heteroatoms. The van der Waals surface area contributed by atoms with Gasteiger partial charge in [0.15, 0.2) is 0 Å². The van der Waals surface area contributed by atoms with Crippen molar-refractivity contribution in [2.45, 2.75) is 12.8 Å². The lowest BCUT2D eigenvalue weighted by molar-refractivity contribution is 0.0693. The molecule has 1 atom stereocenters. The van der Waals surface area contributed by atoms with Crippen molar-refractivity contribution in [3.63, 3.8) is 0 Å². The minimum atomic E-state index is -1.30. The molecular formula is C15H14O5. The summed E-state index contributed by atoms with van der Waals surface area (Å²) in [7, 11) is 0. The van der Waals surface area contributed by atoms with Crippen LogP contribution in [0.2, 0.25) is 0 Å². The van der Waals surface area contributed by atoms with E-state index in [0.717, 1.165) is 11.6 Å². The maximum Gasteiger partial charge on any atom is 0.339 e. The molecule has 0 spiro atoms. The molecule has 1 unspecified atom stereocenters. The zero-order valence-corrected chi connectivity index (χ0v) is 10.7. The van der Waals surface area contributed by atoms with E-state index in [-0.39, 0.29) is 23.0 Å². The van der Waals surface area contributed by atoms with Crippen LogP contribution in [-0.4, -0.2) is 26.4 Å². The number of carbonyl (C=O) groups is 1. The van der Waals surface area contributed by atoms with Crippen molar-refractivity contribution in [3.05, 3.63) is 53.1 Å². The Labute approximate surface area is 115 Å². The lowest BCUT2D eigenvalue weighted by atomic mass is 9.91. The fraction of sp³-hybridized carbons (Fsp3) is 0.133. The standard InChI is InChI=1S/C15H14O5/c1-8(9-2-4-10(16)5-3-9)11-6-14(18)12(15(19)20)7-13(11)17/h2-8,16-18H,1H3,(H,19,20). The molecule has 104 valence electrons. The molecule has 0 bridgehead atoms. The minimum Gasteiger partial charge on any atom is -0.508 e. The first kappa shape index (κ1) is 13.7. The van der Waals surface area contributed by atoms with Crippen molar-refractivity contribution in [2.75, 3.05) is 0 Å². The van der Waals surface area contributed by atoms with Gasteiger partial charge in [-0.2, -0.15) is 0 Å². The van der Waals surface area contributed by atoms with Crippen LogP contribution in [0.25, 0.3) is 0 Å². The third-order valence-electron chi connectivity index (χ3n) is 3.23. The van der Waals surface area contributed by atoms with E-state index in [1.54, 1.807) is 19.1 Å². The second-order valence-electron chi connectivity index (χ2n) is 4.55. The van der Waals surface area contributed by atoms with Gasteiger partial charge in [-0.25, -0.2) is 4.79 Å². The highest BCUT2D eigenvalue weighted by Crippen LogP contribution is 2.36. The first-order valence-corrected chi connectivity index (χ1v) is 5.98. The molecule has 0 aromatic heterocycles. The average molecular weight is 274 g/mol. The second kappa shape index (κ2) is 5.13. The predicted octanol–water partition coefficient (Wildman–Crippen LogP) is 2.65. The zero-order chi connectivity index (χ0) is 14.9. The van der Waals surface area contributed by atoms with Crippen molar-refractivity contribution in [2.24, 2.45) is 0 Å². The van der Waals surface area contributed by atoms with E-state index in [1.165, 1.54) is 18.2 Å². The predicted molar refractivity (Wildman–Crippen MR) is 72.4 cm³/mol. The number of aromatic carboxylic acids is 1. The maximum absolute atomic E-state index is 10.9. The largest absolute Gasteiger partial charge is 0.508 e. The Morgan fingerprint density at radius 1 is 1.00 bits per heavy atom. The summed E-state index contributed by atoms with van der Waals surface area (Å²) in [4.78, 5) is 10.9. The lowest BCUT2D eigenvalue weighted by Gasteiger charge is -2.15. The third-order valence-corrected chi connectivity index (χ3v) is 3.23. The van der Waals surface area contributed by atoms with Gasteiger partial charge >= 0.3 is 5.97 Å². The Kier molecular flexibility index (Phi) is 3.52. The van der Waals surface area contributed by atoms with Crippen LogP contribution in [0.15, 0.2) is 36.4 Å². The van der Waals surface area contributed by atoms with Crippen LogP contribution in [0.5, 0.6) is 17.2 Å². The number of phenolic OH excluding ortho intramolecular Hbond substituents is 2. The molecule has 2 aromatic rings. The van der Waals surface area contributed by atoms with Crippen LogP contribution in [0.1, 0.15) is 34.3 Å². The summed E-state index contributed by atoms with van der Waals surface area (Å²) in [5.41, 5.74) is 0.892. The number of hydrogen-bond acceptors (Lipinski definition) is 4. The molecule has 0 aliphatic carbocycles. The van der Waals surface area contributed by atoms with Crippen LogP contribution in [0, 0.1) is 0 Å². The highest BCUT2D eigenvalue weighted by molar-refractivity contribution is 5.91. The SMILES string of the molecule is CC(c1ccc(O)cc1)c1cc(O)c(C(=O)O)cc1O. The van der Waals surface area contributed by atoms with Crippen molar-refractivity contribution in [1.29, 1.82) is 0 Å². The van der Waals surface area contributed by atoms with Gasteiger partial charge in [0.05, 0.1) is 0 Å². The maximum atomic E-state index is 10.9. The Morgan fingerprint density at radius 3 is 2.15 bits per heavy atom. The normalized spacial score (nSPS) is 12.1. The first-order valence-electron chi connectivity index (χ1n) is 5.98. The van der Waals surface area contributed by atoms with Crippen LogP contribution in [-0.2, 0) is 0 Å². The quantitative estimate of drug-likeness (QED) is 0.645. The van der Waals surface area contributed by atoms with E-state index in [1.807, 2.05) is 0 Å². The Morgan fingerprint density at radius 2 is 1.60 bits per heavy atom. The molecule has 4 N–H and O–H groups in total. The first-order chi connectivity index (χ1) is 9.40. The summed E-state index contributed by atoms with van der Waals surface area (Å²) >= 11 is 0. The van der Waals surface area contributed by atoms with Gasteiger partial charge in [0.25, 0.3) is 0 Å². The summed E-state index contributed by atoms with van der Waals surface area (Å²) in [6.45, 7) is 1.81. The number of phenols is 3. The molecule has 0 radical (unpaired) electrons. The summed E-state index contributed by atoms with van der Waals surface area (Å²) in [6, 6.07) is 8.71. The Hall–Kier alpha value is -2.69. The molecule has 0 saturated carbocycles. The summed E-state index contributed by atoms with van der Waals surface area (Å²) in [6.07, 6.45) is 0. The molecule has 20 heavy (non-hydrogen) atoms. The van der Waals surface area contributed by atoms with Gasteiger partial charge in [-0.05, 0) is 29.8 Å². The van der Waals surface area contributed by atoms with Crippen LogP contribution in [0.4, 0.5) is 0 Å². The minimum absolute atomic E-state index is 0.134. The summed E-state index contributed by atoms with van der Waals surface area (Å²) < 4.78 is 0. The summed E-state index contributed by atoms with van der Waals surface area (Å²) in [5, 5.41) is 37.7. The molecule has 5 nitrogen and oxygen atoms in total. The number of carboxylic acid groups (broad SMARTS) is 1. The smallest absolute Gasteiger partial charge is 0.339 e. The number of benzene rings is 2. The van der Waals surface area contributed by atoms with Gasteiger partial charge < -0.3 is 20.4 Å². The molecule has 2 aromatic carbocycles. The summed E-state index contributed by atoms with van der Waals surface area (Å²) in [5.74, 6) is -2.02. The van der Waals surface area contributed by atoms with Gasteiger partial charge in [0, 0.05) is 11.5 Å². The van der Waals surface area contributed by atoms with Crippen LogP contribution < -0.4 is 0 Å². The number of aromatic hydroxyl groups is 3. The van der Waals surface area contributed by atoms with E-state index < -0.39 is 11.7 Å². The van der Waals surface area contributed by atoms with Crippen molar-refractivity contribution in [1.82, 2.24) is 0 Å². The Bertz CT molecular complexity index is 646. The van der Waals surface area contributed by atoms with E-state index in [0.29, 0.717) is 5.56 Å². The van der Waals surface area contributed by atoms with Gasteiger partial charge in [-0.1, -0.05) is 19.1 Å². The molecule has 0 aliphatic rings. The fourth-order valence-electron chi connectivity index (χ4n) is 2.05. The molecule has 2 rings (SSSR count). The van der Waals surface area contributed by atoms with Crippen molar-refractivity contribution < 1.29 is 25.2 Å². The highest BCUT2D eigenvalue weighted by atomic mass is 16.4. The van der Waals surface area contributed by atoms with Gasteiger partial charge in [0.1, 0.15) is 22.8 Å². The molecule has 0 heterocycles. The number of hydrogen-bond donors (Lipinski definition) is 4. The highest BCUT2D eigenvalue weighted by Gasteiger charge is 2.18. The average Bonchev–Trinajstić information content (AvgIpc) is 2.40. The van der Waals surface area contributed by atoms with Crippen molar-refractivity contribution in [3.8, 4) is 17.2 Å². The monoisotopic (exact) mass is 274 g/mol. The zero-order valence-electron chi connectivity index (χ0n) is 10.7. The number of rotatable bonds is 3. The van der Waals surface area contributed by atoms with Crippen molar-refractivity contribution >= 4 is 5.97 Å². The number of carboxylic acids is 1. The van der Waals surface area contributed by atoms with Gasteiger partial charge in [-0.3, -0.25) is 0 Å². The van der Waals surface area contributed by atoms with E-state index >= 15 is 0 Å².